The Bertz CT molecular complexity index is 602. The van der Waals surface area contributed by atoms with Crippen LogP contribution < -0.4 is 11.1 Å². The van der Waals surface area contributed by atoms with Crippen molar-refractivity contribution in [3.05, 3.63) is 53.9 Å². The Morgan fingerprint density at radius 1 is 1.22 bits per heavy atom. The number of nitrogen functional groups attached to an aromatic ring is 1. The molecular formula is C12H9F2N3O. The minimum absolute atomic E-state index is 0.0637. The Morgan fingerprint density at radius 2 is 2.00 bits per heavy atom. The molecule has 0 bridgehead atoms. The van der Waals surface area contributed by atoms with Gasteiger partial charge in [-0.3, -0.25) is 9.78 Å². The zero-order valence-corrected chi connectivity index (χ0v) is 9.15. The molecule has 2 rings (SSSR count). The van der Waals surface area contributed by atoms with E-state index >= 15 is 0 Å². The van der Waals surface area contributed by atoms with Gasteiger partial charge in [-0.25, -0.2) is 8.78 Å². The third-order valence-electron chi connectivity index (χ3n) is 2.26. The quantitative estimate of drug-likeness (QED) is 0.801. The fourth-order valence-corrected chi connectivity index (χ4v) is 1.38. The highest BCUT2D eigenvalue weighted by Gasteiger charge is 2.13. The van der Waals surface area contributed by atoms with E-state index in [1.54, 1.807) is 0 Å². The van der Waals surface area contributed by atoms with Gasteiger partial charge in [0, 0.05) is 11.9 Å². The van der Waals surface area contributed by atoms with E-state index in [1.165, 1.54) is 24.4 Å². The molecule has 0 saturated carbocycles. The van der Waals surface area contributed by atoms with Gasteiger partial charge in [0.05, 0.1) is 17.4 Å². The van der Waals surface area contributed by atoms with Gasteiger partial charge in [-0.05, 0) is 24.3 Å². The second kappa shape index (κ2) is 4.79. The summed E-state index contributed by atoms with van der Waals surface area (Å²) >= 11 is 0. The van der Waals surface area contributed by atoms with Crippen molar-refractivity contribution in [2.24, 2.45) is 0 Å². The number of nitrogens with two attached hydrogens (primary N) is 1. The molecule has 2 aromatic rings. The Labute approximate surface area is 101 Å². The summed E-state index contributed by atoms with van der Waals surface area (Å²) in [6.07, 6.45) is 2.27. The highest BCUT2D eigenvalue weighted by molar-refractivity contribution is 6.04. The van der Waals surface area contributed by atoms with E-state index in [4.69, 9.17) is 5.73 Å². The van der Waals surface area contributed by atoms with Gasteiger partial charge >= 0.3 is 0 Å². The van der Waals surface area contributed by atoms with Gasteiger partial charge in [-0.15, -0.1) is 0 Å². The lowest BCUT2D eigenvalue weighted by Gasteiger charge is -2.07. The van der Waals surface area contributed by atoms with E-state index in [0.717, 1.165) is 12.3 Å². The SMILES string of the molecule is Nc1ccc(C(=O)Nc2ccncc2F)c(F)c1. The van der Waals surface area contributed by atoms with E-state index < -0.39 is 17.5 Å². The summed E-state index contributed by atoms with van der Waals surface area (Å²) in [5.41, 5.74) is 5.30. The normalized spacial score (nSPS) is 10.1. The molecule has 1 amide bonds. The number of pyridine rings is 1. The molecule has 92 valence electrons. The fourth-order valence-electron chi connectivity index (χ4n) is 1.38. The molecule has 6 heteroatoms. The number of hydrogen-bond donors (Lipinski definition) is 2. The topological polar surface area (TPSA) is 68.0 Å². The molecule has 0 fully saturated rings. The standard InChI is InChI=1S/C12H9F2N3O/c13-9-5-7(15)1-2-8(9)12(18)17-11-3-4-16-6-10(11)14/h1-6H,15H2,(H,16,17,18). The first-order chi connectivity index (χ1) is 8.58. The average Bonchev–Trinajstić information content (AvgIpc) is 2.32. The molecule has 0 aliphatic carbocycles. The number of aromatic nitrogens is 1. The summed E-state index contributed by atoms with van der Waals surface area (Å²) in [7, 11) is 0. The molecule has 0 atom stereocenters. The van der Waals surface area contributed by atoms with Crippen LogP contribution in [0, 0.1) is 11.6 Å². The van der Waals surface area contributed by atoms with Crippen LogP contribution in [0.1, 0.15) is 10.4 Å². The molecule has 1 aromatic heterocycles. The maximum absolute atomic E-state index is 13.5. The third-order valence-corrected chi connectivity index (χ3v) is 2.26. The molecule has 18 heavy (non-hydrogen) atoms. The average molecular weight is 249 g/mol. The summed E-state index contributed by atoms with van der Waals surface area (Å²) in [5, 5.41) is 2.25. The largest absolute Gasteiger partial charge is 0.399 e. The number of halogens is 2. The van der Waals surface area contributed by atoms with Crippen LogP contribution in [-0.2, 0) is 0 Å². The van der Waals surface area contributed by atoms with Crippen LogP contribution in [0.4, 0.5) is 20.2 Å². The summed E-state index contributed by atoms with van der Waals surface area (Å²) < 4.78 is 26.7. The van der Waals surface area contributed by atoms with Gasteiger partial charge in [0.2, 0.25) is 0 Å². The van der Waals surface area contributed by atoms with E-state index in [9.17, 15) is 13.6 Å². The van der Waals surface area contributed by atoms with Crippen molar-refractivity contribution in [2.75, 3.05) is 11.1 Å². The number of hydrogen-bond acceptors (Lipinski definition) is 3. The van der Waals surface area contributed by atoms with Gasteiger partial charge in [0.15, 0.2) is 5.82 Å². The number of nitrogens with one attached hydrogen (secondary N) is 1. The van der Waals surface area contributed by atoms with Crippen molar-refractivity contribution >= 4 is 17.3 Å². The molecule has 4 nitrogen and oxygen atoms in total. The predicted octanol–water partition coefficient (Wildman–Crippen LogP) is 2.19. The zero-order chi connectivity index (χ0) is 13.1. The Balaban J connectivity index is 2.25. The van der Waals surface area contributed by atoms with Crippen LogP contribution in [0.25, 0.3) is 0 Å². The lowest BCUT2D eigenvalue weighted by Crippen LogP contribution is -2.15. The number of amides is 1. The summed E-state index contributed by atoms with van der Waals surface area (Å²) in [5.74, 6) is -2.21. The van der Waals surface area contributed by atoms with Crippen molar-refractivity contribution in [2.45, 2.75) is 0 Å². The van der Waals surface area contributed by atoms with Crippen molar-refractivity contribution in [3.8, 4) is 0 Å². The van der Waals surface area contributed by atoms with E-state index in [2.05, 4.69) is 10.3 Å². The monoisotopic (exact) mass is 249 g/mol. The fraction of sp³-hybridized carbons (Fsp3) is 0. The number of carbonyl (C=O) groups is 1. The van der Waals surface area contributed by atoms with E-state index in [0.29, 0.717) is 0 Å². The first kappa shape index (κ1) is 12.0. The Morgan fingerprint density at radius 3 is 2.67 bits per heavy atom. The summed E-state index contributed by atoms with van der Waals surface area (Å²) in [6.45, 7) is 0. The minimum Gasteiger partial charge on any atom is -0.399 e. The Hall–Kier alpha value is -2.50. The van der Waals surface area contributed by atoms with Gasteiger partial charge in [-0.2, -0.15) is 0 Å². The van der Waals surface area contributed by atoms with Gasteiger partial charge in [0.25, 0.3) is 5.91 Å². The molecule has 1 aromatic carbocycles. The van der Waals surface area contributed by atoms with Crippen molar-refractivity contribution in [1.82, 2.24) is 4.98 Å². The molecule has 3 N–H and O–H groups in total. The molecule has 0 saturated heterocycles. The number of rotatable bonds is 2. The molecule has 0 spiro atoms. The molecule has 0 aliphatic rings. The van der Waals surface area contributed by atoms with E-state index in [-0.39, 0.29) is 16.9 Å². The molecule has 0 unspecified atom stereocenters. The van der Waals surface area contributed by atoms with Gasteiger partial charge < -0.3 is 11.1 Å². The molecule has 0 radical (unpaired) electrons. The smallest absolute Gasteiger partial charge is 0.258 e. The summed E-state index contributed by atoms with van der Waals surface area (Å²) in [6, 6.07) is 4.93. The second-order valence-corrected chi connectivity index (χ2v) is 3.55. The molecular weight excluding hydrogens is 240 g/mol. The minimum atomic E-state index is -0.762. The second-order valence-electron chi connectivity index (χ2n) is 3.55. The summed E-state index contributed by atoms with van der Waals surface area (Å²) in [4.78, 5) is 15.3. The van der Waals surface area contributed by atoms with Crippen LogP contribution in [0.3, 0.4) is 0 Å². The van der Waals surface area contributed by atoms with Gasteiger partial charge in [0.1, 0.15) is 5.82 Å². The number of benzene rings is 1. The zero-order valence-electron chi connectivity index (χ0n) is 9.15. The van der Waals surface area contributed by atoms with Gasteiger partial charge in [-0.1, -0.05) is 0 Å². The third kappa shape index (κ3) is 2.42. The number of carbonyl (C=O) groups excluding carboxylic acids is 1. The van der Waals surface area contributed by atoms with Crippen molar-refractivity contribution < 1.29 is 13.6 Å². The highest BCUT2D eigenvalue weighted by Crippen LogP contribution is 2.16. The van der Waals surface area contributed by atoms with Crippen LogP contribution in [0.5, 0.6) is 0 Å². The van der Waals surface area contributed by atoms with Crippen molar-refractivity contribution in [1.29, 1.82) is 0 Å². The van der Waals surface area contributed by atoms with Crippen LogP contribution in [0.2, 0.25) is 0 Å². The van der Waals surface area contributed by atoms with Crippen LogP contribution in [-0.4, -0.2) is 10.9 Å². The highest BCUT2D eigenvalue weighted by atomic mass is 19.1. The number of anilines is 2. The first-order valence-electron chi connectivity index (χ1n) is 5.04. The predicted molar refractivity (Wildman–Crippen MR) is 63.0 cm³/mol. The van der Waals surface area contributed by atoms with Crippen molar-refractivity contribution in [3.63, 3.8) is 0 Å². The van der Waals surface area contributed by atoms with Crippen LogP contribution >= 0.6 is 0 Å². The molecule has 0 aliphatic heterocycles. The number of nitrogens with zero attached hydrogens (tertiary/aromatic N) is 1. The molecule has 1 heterocycles. The lowest BCUT2D eigenvalue weighted by molar-refractivity contribution is 0.102. The Kier molecular flexibility index (Phi) is 3.18. The maximum Gasteiger partial charge on any atom is 0.258 e. The van der Waals surface area contributed by atoms with Crippen LogP contribution in [0.15, 0.2) is 36.7 Å². The maximum atomic E-state index is 13.5. The lowest BCUT2D eigenvalue weighted by atomic mass is 10.2. The van der Waals surface area contributed by atoms with E-state index in [1.807, 2.05) is 0 Å². The first-order valence-corrected chi connectivity index (χ1v) is 5.04.